The molecule has 0 saturated heterocycles. The van der Waals surface area contributed by atoms with Crippen molar-refractivity contribution in [1.29, 1.82) is 5.26 Å². The van der Waals surface area contributed by atoms with Gasteiger partial charge in [-0.1, -0.05) is 0 Å². The van der Waals surface area contributed by atoms with Crippen LogP contribution >= 0.6 is 11.8 Å². The minimum atomic E-state index is 0.615. The SMILES string of the molecule is CCn1cnc2c(SC#N)ncnc21. The second-order valence-corrected chi connectivity index (χ2v) is 3.35. The Labute approximate surface area is 84.8 Å². The Kier molecular flexibility index (Phi) is 2.33. The fourth-order valence-electron chi connectivity index (χ4n) is 1.21. The molecule has 14 heavy (non-hydrogen) atoms. The number of rotatable bonds is 2. The van der Waals surface area contributed by atoms with Gasteiger partial charge in [-0.05, 0) is 6.92 Å². The standard InChI is InChI=1S/C8H7N5S/c1-2-13-5-12-6-7(13)10-4-11-8(6)14-3-9/h4-5H,2H2,1H3. The van der Waals surface area contributed by atoms with Gasteiger partial charge in [0.25, 0.3) is 0 Å². The lowest BCUT2D eigenvalue weighted by atomic mass is 10.5. The summed E-state index contributed by atoms with van der Waals surface area (Å²) in [6.45, 7) is 2.82. The number of nitrogens with zero attached hydrogens (tertiary/aromatic N) is 5. The summed E-state index contributed by atoms with van der Waals surface area (Å²) >= 11 is 1.01. The van der Waals surface area contributed by atoms with Crippen LogP contribution in [-0.2, 0) is 6.54 Å². The number of fused-ring (bicyclic) bond motifs is 1. The molecule has 0 aliphatic rings. The Morgan fingerprint density at radius 3 is 3.07 bits per heavy atom. The molecule has 0 amide bonds. The van der Waals surface area contributed by atoms with Crippen LogP contribution in [0.5, 0.6) is 0 Å². The molecule has 0 aliphatic heterocycles. The summed E-state index contributed by atoms with van der Waals surface area (Å²) in [6.07, 6.45) is 3.16. The Bertz CT molecular complexity index is 498. The smallest absolute Gasteiger partial charge is 0.164 e. The van der Waals surface area contributed by atoms with Gasteiger partial charge < -0.3 is 4.57 Å². The number of thioether (sulfide) groups is 1. The van der Waals surface area contributed by atoms with E-state index in [1.165, 1.54) is 6.33 Å². The molecular weight excluding hydrogens is 198 g/mol. The van der Waals surface area contributed by atoms with Crippen molar-refractivity contribution in [3.05, 3.63) is 12.7 Å². The zero-order valence-corrected chi connectivity index (χ0v) is 8.32. The lowest BCUT2D eigenvalue weighted by Gasteiger charge is -1.97. The number of imidazole rings is 1. The van der Waals surface area contributed by atoms with E-state index in [0.29, 0.717) is 10.5 Å². The number of aryl methyl sites for hydroxylation is 1. The molecule has 0 saturated carbocycles. The van der Waals surface area contributed by atoms with E-state index in [-0.39, 0.29) is 0 Å². The van der Waals surface area contributed by atoms with Gasteiger partial charge >= 0.3 is 0 Å². The predicted octanol–water partition coefficient (Wildman–Crippen LogP) is 1.42. The average Bonchev–Trinajstić information content (AvgIpc) is 2.62. The normalized spacial score (nSPS) is 10.3. The van der Waals surface area contributed by atoms with Crippen molar-refractivity contribution >= 4 is 22.9 Å². The van der Waals surface area contributed by atoms with Gasteiger partial charge in [-0.3, -0.25) is 0 Å². The number of aromatic nitrogens is 4. The lowest BCUT2D eigenvalue weighted by molar-refractivity contribution is 0.776. The van der Waals surface area contributed by atoms with Crippen molar-refractivity contribution in [1.82, 2.24) is 19.5 Å². The van der Waals surface area contributed by atoms with Gasteiger partial charge in [-0.15, -0.1) is 0 Å². The van der Waals surface area contributed by atoms with E-state index in [1.54, 1.807) is 6.33 Å². The van der Waals surface area contributed by atoms with E-state index in [1.807, 2.05) is 16.9 Å². The fourth-order valence-corrected chi connectivity index (χ4v) is 1.64. The average molecular weight is 205 g/mol. The molecular formula is C8H7N5S. The third-order valence-corrected chi connectivity index (χ3v) is 2.43. The van der Waals surface area contributed by atoms with Crippen LogP contribution in [0.15, 0.2) is 17.7 Å². The van der Waals surface area contributed by atoms with E-state index in [9.17, 15) is 0 Å². The second-order valence-electron chi connectivity index (χ2n) is 2.57. The minimum absolute atomic E-state index is 0.615. The van der Waals surface area contributed by atoms with Crippen LogP contribution in [0.2, 0.25) is 0 Å². The Balaban J connectivity index is 2.65. The van der Waals surface area contributed by atoms with Crippen molar-refractivity contribution in [3.8, 4) is 5.40 Å². The topological polar surface area (TPSA) is 67.4 Å². The highest BCUT2D eigenvalue weighted by Crippen LogP contribution is 2.21. The van der Waals surface area contributed by atoms with Crippen LogP contribution < -0.4 is 0 Å². The third-order valence-electron chi connectivity index (χ3n) is 1.85. The highest BCUT2D eigenvalue weighted by molar-refractivity contribution is 8.03. The summed E-state index contributed by atoms with van der Waals surface area (Å²) in [5, 5.41) is 11.2. The molecule has 0 aromatic carbocycles. The maximum absolute atomic E-state index is 8.56. The first-order valence-electron chi connectivity index (χ1n) is 4.08. The van der Waals surface area contributed by atoms with Gasteiger partial charge in [0.1, 0.15) is 22.3 Å². The van der Waals surface area contributed by atoms with Crippen molar-refractivity contribution in [3.63, 3.8) is 0 Å². The molecule has 0 spiro atoms. The van der Waals surface area contributed by atoms with Gasteiger partial charge in [0, 0.05) is 18.3 Å². The number of thiocyanates is 1. The molecule has 2 aromatic heterocycles. The van der Waals surface area contributed by atoms with Crippen molar-refractivity contribution in [2.45, 2.75) is 18.5 Å². The van der Waals surface area contributed by atoms with Gasteiger partial charge in [-0.2, -0.15) is 5.26 Å². The summed E-state index contributed by atoms with van der Waals surface area (Å²) in [4.78, 5) is 12.3. The van der Waals surface area contributed by atoms with Gasteiger partial charge in [0.05, 0.1) is 6.33 Å². The second kappa shape index (κ2) is 3.64. The van der Waals surface area contributed by atoms with Gasteiger partial charge in [0.15, 0.2) is 5.65 Å². The summed E-state index contributed by atoms with van der Waals surface area (Å²) in [6, 6.07) is 0. The summed E-state index contributed by atoms with van der Waals surface area (Å²) in [5.41, 5.74) is 1.47. The summed E-state index contributed by atoms with van der Waals surface area (Å²) in [5.74, 6) is 0. The maximum atomic E-state index is 8.56. The third kappa shape index (κ3) is 1.32. The largest absolute Gasteiger partial charge is 0.315 e. The van der Waals surface area contributed by atoms with E-state index < -0.39 is 0 Å². The van der Waals surface area contributed by atoms with Crippen LogP contribution in [0.3, 0.4) is 0 Å². The van der Waals surface area contributed by atoms with Crippen LogP contribution in [0, 0.1) is 10.7 Å². The minimum Gasteiger partial charge on any atom is -0.315 e. The van der Waals surface area contributed by atoms with Crippen LogP contribution in [0.1, 0.15) is 6.92 Å². The first-order chi connectivity index (χ1) is 6.86. The molecule has 6 heteroatoms. The fraction of sp³-hybridized carbons (Fsp3) is 0.250. The molecule has 0 aliphatic carbocycles. The maximum Gasteiger partial charge on any atom is 0.164 e. The highest BCUT2D eigenvalue weighted by Gasteiger charge is 2.08. The lowest BCUT2D eigenvalue weighted by Crippen LogP contribution is -1.94. The first-order valence-corrected chi connectivity index (χ1v) is 4.90. The Morgan fingerprint density at radius 1 is 1.50 bits per heavy atom. The summed E-state index contributed by atoms with van der Waals surface area (Å²) < 4.78 is 1.92. The van der Waals surface area contributed by atoms with Crippen LogP contribution in [-0.4, -0.2) is 19.5 Å². The van der Waals surface area contributed by atoms with Crippen molar-refractivity contribution in [2.75, 3.05) is 0 Å². The molecule has 0 atom stereocenters. The van der Waals surface area contributed by atoms with Crippen molar-refractivity contribution < 1.29 is 0 Å². The number of hydrogen-bond donors (Lipinski definition) is 0. The molecule has 0 bridgehead atoms. The zero-order valence-electron chi connectivity index (χ0n) is 7.51. The Morgan fingerprint density at radius 2 is 2.36 bits per heavy atom. The Hall–Kier alpha value is -1.61. The zero-order chi connectivity index (χ0) is 9.97. The van der Waals surface area contributed by atoms with Crippen LogP contribution in [0.4, 0.5) is 0 Å². The molecule has 2 heterocycles. The first kappa shape index (κ1) is 8.97. The van der Waals surface area contributed by atoms with Crippen molar-refractivity contribution in [2.24, 2.45) is 0 Å². The number of nitriles is 1. The van der Waals surface area contributed by atoms with Crippen LogP contribution in [0.25, 0.3) is 11.2 Å². The molecule has 0 radical (unpaired) electrons. The quantitative estimate of drug-likeness (QED) is 0.421. The number of hydrogen-bond acceptors (Lipinski definition) is 5. The molecule has 5 nitrogen and oxygen atoms in total. The molecule has 0 N–H and O–H groups in total. The monoisotopic (exact) mass is 205 g/mol. The van der Waals surface area contributed by atoms with E-state index >= 15 is 0 Å². The molecule has 0 unspecified atom stereocenters. The molecule has 70 valence electrons. The predicted molar refractivity (Wildman–Crippen MR) is 52.5 cm³/mol. The van der Waals surface area contributed by atoms with Gasteiger partial charge in [-0.25, -0.2) is 15.0 Å². The van der Waals surface area contributed by atoms with Gasteiger partial charge in [0.2, 0.25) is 0 Å². The van der Waals surface area contributed by atoms with E-state index in [2.05, 4.69) is 15.0 Å². The van der Waals surface area contributed by atoms with E-state index in [0.717, 1.165) is 24.0 Å². The summed E-state index contributed by atoms with van der Waals surface area (Å²) in [7, 11) is 0. The van der Waals surface area contributed by atoms with E-state index in [4.69, 9.17) is 5.26 Å². The molecule has 0 fully saturated rings. The highest BCUT2D eigenvalue weighted by atomic mass is 32.2. The molecule has 2 aromatic rings. The molecule has 2 rings (SSSR count).